The van der Waals surface area contributed by atoms with Crippen molar-refractivity contribution in [2.75, 3.05) is 5.75 Å². The van der Waals surface area contributed by atoms with Crippen molar-refractivity contribution in [2.24, 2.45) is 5.92 Å². The number of hydrogen-bond donors (Lipinski definition) is 0. The SMILES string of the molecule is Cc1ccc(-c2c3/c(=C(\C#N)c4nc5ccccc5o4)n([B]c4ccccc4)c(-c4ccc(SCC(C)C)cc4)c3/c(=C(\C#N)c3nc4ccccc4o3)n2B(c2ccccc2)c2ccccc2)cc1. The number of thioether (sulfide) groups is 1. The molecule has 4 heterocycles. The van der Waals surface area contributed by atoms with Gasteiger partial charge >= 0.3 is 6.85 Å². The summed E-state index contributed by atoms with van der Waals surface area (Å²) in [6, 6.07) is 68.3. The van der Waals surface area contributed by atoms with Crippen LogP contribution in [0.2, 0.25) is 0 Å². The predicted octanol–water partition coefficient (Wildman–Crippen LogP) is 10.0. The zero-order chi connectivity index (χ0) is 47.7. The average Bonchev–Trinajstić information content (AvgIpc) is 4.17. The van der Waals surface area contributed by atoms with Crippen molar-refractivity contribution >= 4 is 86.5 Å². The molecule has 11 heteroatoms. The number of para-hydroxylation sites is 4. The second kappa shape index (κ2) is 18.9. The van der Waals surface area contributed by atoms with Crippen molar-refractivity contribution in [3.05, 3.63) is 216 Å². The van der Waals surface area contributed by atoms with Crippen LogP contribution in [0.5, 0.6) is 0 Å². The maximum Gasteiger partial charge on any atom is 0.328 e. The molecule has 0 saturated carbocycles. The topological polar surface area (TPSA) is 110 Å². The van der Waals surface area contributed by atoms with Gasteiger partial charge in [0, 0.05) is 32.8 Å². The van der Waals surface area contributed by atoms with Crippen LogP contribution in [0.4, 0.5) is 0 Å². The summed E-state index contributed by atoms with van der Waals surface area (Å²) in [6.07, 6.45) is 0. The monoisotopic (exact) mass is 921 g/mol. The van der Waals surface area contributed by atoms with Crippen molar-refractivity contribution in [1.82, 2.24) is 18.9 Å². The molecule has 0 amide bonds. The van der Waals surface area contributed by atoms with E-state index in [-0.39, 0.29) is 22.9 Å². The van der Waals surface area contributed by atoms with Crippen LogP contribution in [0.3, 0.4) is 0 Å². The van der Waals surface area contributed by atoms with E-state index in [0.717, 1.165) is 65.9 Å². The lowest BCUT2D eigenvalue weighted by Gasteiger charge is -2.22. The molecule has 11 aromatic rings. The van der Waals surface area contributed by atoms with Gasteiger partial charge in [0.15, 0.2) is 11.2 Å². The van der Waals surface area contributed by atoms with E-state index in [9.17, 15) is 10.5 Å². The molecule has 11 rings (SSSR count). The molecule has 0 bridgehead atoms. The van der Waals surface area contributed by atoms with E-state index in [1.165, 1.54) is 0 Å². The smallest absolute Gasteiger partial charge is 0.328 e. The third-order valence-electron chi connectivity index (χ3n) is 12.5. The van der Waals surface area contributed by atoms with Gasteiger partial charge in [-0.3, -0.25) is 0 Å². The molecule has 0 fully saturated rings. The van der Waals surface area contributed by atoms with Crippen LogP contribution in [0.15, 0.2) is 202 Å². The number of fused-ring (bicyclic) bond motifs is 3. The molecule has 8 nitrogen and oxygen atoms in total. The van der Waals surface area contributed by atoms with Gasteiger partial charge in [-0.25, -0.2) is 9.97 Å². The second-order valence-electron chi connectivity index (χ2n) is 17.7. The van der Waals surface area contributed by atoms with E-state index >= 15 is 0 Å². The van der Waals surface area contributed by atoms with E-state index in [1.54, 1.807) is 0 Å². The van der Waals surface area contributed by atoms with Gasteiger partial charge in [-0.1, -0.05) is 187 Å². The largest absolute Gasteiger partial charge is 0.435 e. The van der Waals surface area contributed by atoms with Crippen LogP contribution in [-0.4, -0.2) is 38.9 Å². The highest BCUT2D eigenvalue weighted by Gasteiger charge is 2.35. The minimum atomic E-state index is -0.509. The van der Waals surface area contributed by atoms with Gasteiger partial charge in [0.05, 0.1) is 10.7 Å². The van der Waals surface area contributed by atoms with Crippen LogP contribution < -0.4 is 27.1 Å². The Labute approximate surface area is 410 Å². The lowest BCUT2D eigenvalue weighted by Crippen LogP contribution is -2.53. The fourth-order valence-corrected chi connectivity index (χ4v) is 10.2. The van der Waals surface area contributed by atoms with Crippen LogP contribution in [0.25, 0.3) is 66.6 Å². The van der Waals surface area contributed by atoms with Crippen molar-refractivity contribution in [3.63, 3.8) is 0 Å². The summed E-state index contributed by atoms with van der Waals surface area (Å²) < 4.78 is 17.6. The Morgan fingerprint density at radius 1 is 0.586 bits per heavy atom. The van der Waals surface area contributed by atoms with E-state index < -0.39 is 6.85 Å². The first-order valence-corrected chi connectivity index (χ1v) is 24.3. The maximum absolute atomic E-state index is 11.9. The first-order chi connectivity index (χ1) is 34.4. The zero-order valence-electron chi connectivity index (χ0n) is 38.7. The summed E-state index contributed by atoms with van der Waals surface area (Å²) in [5.41, 5.74) is 10.0. The Morgan fingerprint density at radius 2 is 1.06 bits per heavy atom. The van der Waals surface area contributed by atoms with Crippen LogP contribution >= 0.6 is 11.8 Å². The molecule has 0 aliphatic rings. The van der Waals surface area contributed by atoms with Gasteiger partial charge in [-0.15, -0.1) is 11.8 Å². The lowest BCUT2D eigenvalue weighted by atomic mass is 9.50. The van der Waals surface area contributed by atoms with Gasteiger partial charge in [-0.05, 0) is 60.4 Å². The fourth-order valence-electron chi connectivity index (χ4n) is 9.34. The summed E-state index contributed by atoms with van der Waals surface area (Å²) >= 11 is 1.82. The predicted molar refractivity (Wildman–Crippen MR) is 285 cm³/mol. The lowest BCUT2D eigenvalue weighted by molar-refractivity contribution is 0.585. The van der Waals surface area contributed by atoms with Crippen LogP contribution in [0.1, 0.15) is 31.2 Å². The molecule has 70 heavy (non-hydrogen) atoms. The third-order valence-corrected chi connectivity index (χ3v) is 13.9. The summed E-state index contributed by atoms with van der Waals surface area (Å²) in [5, 5.41) is 26.2. The Hall–Kier alpha value is -8.50. The molecule has 333 valence electrons. The molecule has 0 aliphatic heterocycles. The first-order valence-electron chi connectivity index (χ1n) is 23.3. The average molecular weight is 922 g/mol. The molecule has 0 saturated heterocycles. The Balaban J connectivity index is 1.45. The fraction of sp³-hybridized carbons (Fsp3) is 0.0847. The number of nitrogens with zero attached hydrogens (tertiary/aromatic N) is 6. The number of hydrogen-bond acceptors (Lipinski definition) is 7. The highest BCUT2D eigenvalue weighted by Crippen LogP contribution is 2.37. The first kappa shape index (κ1) is 44.0. The Kier molecular flexibility index (Phi) is 11.9. The summed E-state index contributed by atoms with van der Waals surface area (Å²) in [6.45, 7) is 6.01. The van der Waals surface area contributed by atoms with Crippen molar-refractivity contribution in [2.45, 2.75) is 25.7 Å². The van der Waals surface area contributed by atoms with Crippen molar-refractivity contribution in [1.29, 1.82) is 10.5 Å². The summed E-state index contributed by atoms with van der Waals surface area (Å²) in [7, 11) is 2.07. The van der Waals surface area contributed by atoms with E-state index in [0.29, 0.717) is 38.8 Å². The van der Waals surface area contributed by atoms with Gasteiger partial charge in [0.1, 0.15) is 34.3 Å². The molecule has 4 aromatic heterocycles. The second-order valence-corrected chi connectivity index (χ2v) is 18.8. The van der Waals surface area contributed by atoms with E-state index in [1.807, 2.05) is 127 Å². The van der Waals surface area contributed by atoms with Crippen molar-refractivity contribution in [3.8, 4) is 34.7 Å². The number of aromatic nitrogens is 4. The summed E-state index contributed by atoms with van der Waals surface area (Å²) in [4.78, 5) is 11.2. The van der Waals surface area contributed by atoms with E-state index in [2.05, 4.69) is 122 Å². The molecule has 1 radical (unpaired) electrons. The minimum absolute atomic E-state index is 0.174. The van der Waals surface area contributed by atoms with Crippen molar-refractivity contribution < 1.29 is 8.83 Å². The summed E-state index contributed by atoms with van der Waals surface area (Å²) in [5.74, 6) is 1.83. The number of nitriles is 2. The highest BCUT2D eigenvalue weighted by molar-refractivity contribution is 7.99. The molecule has 0 unspecified atom stereocenters. The van der Waals surface area contributed by atoms with Gasteiger partial charge in [0.25, 0.3) is 7.41 Å². The maximum atomic E-state index is 11.9. The number of oxazole rings is 2. The Morgan fingerprint density at radius 3 is 1.59 bits per heavy atom. The molecular formula is C59H43B2N6O2S. The number of benzene rings is 7. The highest BCUT2D eigenvalue weighted by atomic mass is 32.2. The third kappa shape index (κ3) is 8.11. The van der Waals surface area contributed by atoms with Crippen LogP contribution in [-0.2, 0) is 0 Å². The molecule has 0 N–H and O–H groups in total. The van der Waals surface area contributed by atoms with Gasteiger partial charge in [-0.2, -0.15) is 10.5 Å². The Bertz CT molecular complexity index is 3820. The standard InChI is InChI=1S/C59H43B2N6O2S/c1-38(2)37-70-45-33-31-40(32-34-45)54-52-53(56(66(54)60-42-17-7-4-8-18-42)46(35-62)58-64-48-23-13-15-25-50(48)68-58)55(41-29-27-39(3)28-30-41)67(61(43-19-9-5-10-20-43)44-21-11-6-12-22-44)57(52)47(36-63)59-65-49-24-14-16-26-51(49)69-59/h4-34,38H,37H2,1-3H3/b56-46-,57-47-. The minimum Gasteiger partial charge on any atom is -0.435 e. The molecule has 7 aromatic carbocycles. The molecular weight excluding hydrogens is 878 g/mol. The number of aryl methyl sites for hydroxylation is 1. The zero-order valence-corrected chi connectivity index (χ0v) is 39.6. The van der Waals surface area contributed by atoms with Crippen LogP contribution in [0, 0.1) is 35.5 Å². The van der Waals surface area contributed by atoms with E-state index in [4.69, 9.17) is 18.8 Å². The number of rotatable bonds is 12. The quantitative estimate of drug-likeness (QED) is 0.0887. The molecule has 0 aliphatic carbocycles. The molecule has 0 atom stereocenters. The van der Waals surface area contributed by atoms with Gasteiger partial charge in [0.2, 0.25) is 11.8 Å². The van der Waals surface area contributed by atoms with Gasteiger partial charge < -0.3 is 17.8 Å². The normalized spacial score (nSPS) is 12.3. The molecule has 0 spiro atoms.